The summed E-state index contributed by atoms with van der Waals surface area (Å²) in [5.41, 5.74) is 0.568. The Morgan fingerprint density at radius 2 is 1.71 bits per heavy atom. The molecule has 0 atom stereocenters. The summed E-state index contributed by atoms with van der Waals surface area (Å²) in [6, 6.07) is 9.96. The zero-order valence-corrected chi connectivity index (χ0v) is 13.6. The molecule has 0 spiro atoms. The van der Waals surface area contributed by atoms with Crippen LogP contribution in [0.1, 0.15) is 31.1 Å². The number of anilines is 1. The Labute approximate surface area is 139 Å². The normalized spacial score (nSPS) is 11.0. The fraction of sp³-hybridized carbons (Fsp3) is 0.222. The third kappa shape index (κ3) is 4.55. The average molecular weight is 331 g/mol. The molecule has 0 heterocycles. The van der Waals surface area contributed by atoms with E-state index in [9.17, 15) is 14.0 Å². The summed E-state index contributed by atoms with van der Waals surface area (Å²) in [5, 5.41) is 11.6. The van der Waals surface area contributed by atoms with Gasteiger partial charge in [-0.3, -0.25) is 5.32 Å². The number of carboxylic acid groups (broad SMARTS) is 1. The van der Waals surface area contributed by atoms with Gasteiger partial charge in [-0.2, -0.15) is 0 Å². The van der Waals surface area contributed by atoms with Crippen LogP contribution < -0.4 is 5.32 Å². The highest BCUT2D eigenvalue weighted by Gasteiger charge is 2.16. The summed E-state index contributed by atoms with van der Waals surface area (Å²) in [5.74, 6) is -1.65. The van der Waals surface area contributed by atoms with Crippen LogP contribution in [0.5, 0.6) is 0 Å². The minimum Gasteiger partial charge on any atom is -0.478 e. The van der Waals surface area contributed by atoms with E-state index in [1.165, 1.54) is 12.1 Å². The van der Waals surface area contributed by atoms with E-state index < -0.39 is 23.5 Å². The maximum atomic E-state index is 13.9. The first-order chi connectivity index (χ1) is 11.2. The largest absolute Gasteiger partial charge is 0.478 e. The molecule has 0 unspecified atom stereocenters. The van der Waals surface area contributed by atoms with Crippen LogP contribution in [0.25, 0.3) is 11.1 Å². The molecule has 6 heteroatoms. The summed E-state index contributed by atoms with van der Waals surface area (Å²) in [6.07, 6.45) is -0.589. The van der Waals surface area contributed by atoms with Crippen molar-refractivity contribution in [2.75, 3.05) is 5.32 Å². The van der Waals surface area contributed by atoms with Crippen LogP contribution >= 0.6 is 0 Å². The van der Waals surface area contributed by atoms with Crippen LogP contribution in [0, 0.1) is 5.82 Å². The van der Waals surface area contributed by atoms with Gasteiger partial charge in [0.05, 0.1) is 5.56 Å². The lowest BCUT2D eigenvalue weighted by Gasteiger charge is -2.19. The van der Waals surface area contributed by atoms with Crippen molar-refractivity contribution in [1.29, 1.82) is 0 Å². The smallest absolute Gasteiger partial charge is 0.412 e. The predicted molar refractivity (Wildman–Crippen MR) is 88.7 cm³/mol. The van der Waals surface area contributed by atoms with Crippen molar-refractivity contribution in [3.63, 3.8) is 0 Å². The summed E-state index contributed by atoms with van der Waals surface area (Å²) in [6.45, 7) is 5.27. The number of halogens is 1. The van der Waals surface area contributed by atoms with Crippen LogP contribution in [0.3, 0.4) is 0 Å². The van der Waals surface area contributed by atoms with Gasteiger partial charge in [-0.05, 0) is 56.7 Å². The first-order valence-corrected chi connectivity index (χ1v) is 7.29. The van der Waals surface area contributed by atoms with Crippen molar-refractivity contribution >= 4 is 17.7 Å². The molecule has 2 aromatic rings. The molecule has 5 nitrogen and oxygen atoms in total. The van der Waals surface area contributed by atoms with Crippen LogP contribution in [0.2, 0.25) is 0 Å². The van der Waals surface area contributed by atoms with Crippen LogP contribution in [0.15, 0.2) is 42.5 Å². The number of amides is 1. The molecule has 0 aliphatic carbocycles. The Morgan fingerprint density at radius 3 is 2.25 bits per heavy atom. The first kappa shape index (κ1) is 17.5. The van der Waals surface area contributed by atoms with Gasteiger partial charge in [-0.1, -0.05) is 12.1 Å². The van der Waals surface area contributed by atoms with Crippen LogP contribution in [-0.4, -0.2) is 22.8 Å². The van der Waals surface area contributed by atoms with Gasteiger partial charge < -0.3 is 9.84 Å². The molecule has 1 amide bonds. The van der Waals surface area contributed by atoms with E-state index >= 15 is 0 Å². The zero-order valence-electron chi connectivity index (χ0n) is 13.6. The van der Waals surface area contributed by atoms with E-state index in [0.717, 1.165) is 6.07 Å². The monoisotopic (exact) mass is 331 g/mol. The second-order valence-electron chi connectivity index (χ2n) is 6.20. The van der Waals surface area contributed by atoms with E-state index in [4.69, 9.17) is 9.84 Å². The third-order valence-electron chi connectivity index (χ3n) is 3.05. The van der Waals surface area contributed by atoms with E-state index in [1.807, 2.05) is 0 Å². The summed E-state index contributed by atoms with van der Waals surface area (Å²) < 4.78 is 19.1. The number of hydrogen-bond donors (Lipinski definition) is 2. The van der Waals surface area contributed by atoms with Crippen molar-refractivity contribution < 1.29 is 23.8 Å². The van der Waals surface area contributed by atoms with Gasteiger partial charge >= 0.3 is 12.1 Å². The minimum absolute atomic E-state index is 0.00218. The summed E-state index contributed by atoms with van der Waals surface area (Å²) in [4.78, 5) is 22.7. The molecule has 126 valence electrons. The number of benzene rings is 2. The van der Waals surface area contributed by atoms with Gasteiger partial charge in [0.15, 0.2) is 0 Å². The second kappa shape index (κ2) is 6.70. The highest BCUT2D eigenvalue weighted by Crippen LogP contribution is 2.25. The summed E-state index contributed by atoms with van der Waals surface area (Å²) >= 11 is 0. The fourth-order valence-electron chi connectivity index (χ4n) is 2.03. The van der Waals surface area contributed by atoms with Gasteiger partial charge in [0.25, 0.3) is 0 Å². The standard InChI is InChI=1S/C18H18FNO4/c1-18(2,3)24-17(23)20-13-7-4-11(5-8-13)14-10-12(16(21)22)6-9-15(14)19/h4-10H,1-3H3,(H,20,23)(H,21,22). The number of ether oxygens (including phenoxy) is 1. The molecular weight excluding hydrogens is 313 g/mol. The molecule has 0 saturated heterocycles. The molecule has 0 aromatic heterocycles. The molecule has 0 radical (unpaired) electrons. The molecule has 0 aliphatic heterocycles. The molecule has 0 aliphatic rings. The molecule has 24 heavy (non-hydrogen) atoms. The quantitative estimate of drug-likeness (QED) is 0.866. The van der Waals surface area contributed by atoms with Crippen LogP contribution in [0.4, 0.5) is 14.9 Å². The molecule has 2 rings (SSSR count). The van der Waals surface area contributed by atoms with Crippen molar-refractivity contribution in [3.8, 4) is 11.1 Å². The van der Waals surface area contributed by atoms with Gasteiger partial charge in [0.1, 0.15) is 11.4 Å². The van der Waals surface area contributed by atoms with Crippen molar-refractivity contribution in [3.05, 3.63) is 53.8 Å². The lowest BCUT2D eigenvalue weighted by molar-refractivity contribution is 0.0634. The summed E-state index contributed by atoms with van der Waals surface area (Å²) in [7, 11) is 0. The maximum Gasteiger partial charge on any atom is 0.412 e. The first-order valence-electron chi connectivity index (χ1n) is 7.29. The number of carboxylic acids is 1. The van der Waals surface area contributed by atoms with Gasteiger partial charge in [-0.25, -0.2) is 14.0 Å². The molecule has 2 aromatic carbocycles. The zero-order chi connectivity index (χ0) is 17.9. The number of carbonyl (C=O) groups excluding carboxylic acids is 1. The van der Waals surface area contributed by atoms with E-state index in [2.05, 4.69) is 5.32 Å². The molecular formula is C18H18FNO4. The number of nitrogens with one attached hydrogen (secondary N) is 1. The molecule has 0 fully saturated rings. The lowest BCUT2D eigenvalue weighted by Crippen LogP contribution is -2.27. The Bertz CT molecular complexity index is 764. The van der Waals surface area contributed by atoms with E-state index in [1.54, 1.807) is 45.0 Å². The Balaban J connectivity index is 2.19. The maximum absolute atomic E-state index is 13.9. The van der Waals surface area contributed by atoms with Gasteiger partial charge in [0, 0.05) is 11.3 Å². The minimum atomic E-state index is -1.13. The number of hydrogen-bond acceptors (Lipinski definition) is 3. The van der Waals surface area contributed by atoms with Gasteiger partial charge in [0.2, 0.25) is 0 Å². The number of aromatic carboxylic acids is 1. The lowest BCUT2D eigenvalue weighted by atomic mass is 10.0. The number of carbonyl (C=O) groups is 2. The van der Waals surface area contributed by atoms with Crippen molar-refractivity contribution in [2.45, 2.75) is 26.4 Å². The van der Waals surface area contributed by atoms with Crippen LogP contribution in [-0.2, 0) is 4.74 Å². The topological polar surface area (TPSA) is 75.6 Å². The Kier molecular flexibility index (Phi) is 4.87. The SMILES string of the molecule is CC(C)(C)OC(=O)Nc1ccc(-c2cc(C(=O)O)ccc2F)cc1. The highest BCUT2D eigenvalue weighted by molar-refractivity contribution is 5.90. The Hall–Kier alpha value is -2.89. The van der Waals surface area contributed by atoms with E-state index in [0.29, 0.717) is 11.3 Å². The third-order valence-corrected chi connectivity index (χ3v) is 3.05. The van der Waals surface area contributed by atoms with Gasteiger partial charge in [-0.15, -0.1) is 0 Å². The van der Waals surface area contributed by atoms with Crippen molar-refractivity contribution in [2.24, 2.45) is 0 Å². The highest BCUT2D eigenvalue weighted by atomic mass is 19.1. The fourth-order valence-corrected chi connectivity index (χ4v) is 2.03. The van der Waals surface area contributed by atoms with E-state index in [-0.39, 0.29) is 11.1 Å². The molecule has 0 bridgehead atoms. The average Bonchev–Trinajstić information content (AvgIpc) is 2.46. The number of rotatable bonds is 3. The van der Waals surface area contributed by atoms with Crippen molar-refractivity contribution in [1.82, 2.24) is 0 Å². The molecule has 2 N–H and O–H groups in total. The molecule has 0 saturated carbocycles. The second-order valence-corrected chi connectivity index (χ2v) is 6.20. The Morgan fingerprint density at radius 1 is 1.08 bits per heavy atom. The predicted octanol–water partition coefficient (Wildman–Crippen LogP) is 4.54.